The third-order valence-corrected chi connectivity index (χ3v) is 1.96. The van der Waals surface area contributed by atoms with Gasteiger partial charge in [-0.05, 0) is 26.0 Å². The van der Waals surface area contributed by atoms with Crippen LogP contribution in [-0.2, 0) is 9.53 Å². The van der Waals surface area contributed by atoms with Crippen molar-refractivity contribution < 1.29 is 19.4 Å². The van der Waals surface area contributed by atoms with Crippen LogP contribution in [0.4, 0.5) is 0 Å². The van der Waals surface area contributed by atoms with E-state index in [0.717, 1.165) is 0 Å². The molecule has 0 aliphatic carbocycles. The first-order valence-corrected chi connectivity index (χ1v) is 5.27. The molecule has 0 fully saturated rings. The van der Waals surface area contributed by atoms with Crippen molar-refractivity contribution in [2.45, 2.75) is 20.0 Å². The van der Waals surface area contributed by atoms with Gasteiger partial charge in [0.25, 0.3) is 0 Å². The Morgan fingerprint density at radius 2 is 2.24 bits per heavy atom. The van der Waals surface area contributed by atoms with Crippen LogP contribution in [0.1, 0.15) is 13.8 Å². The van der Waals surface area contributed by atoms with Gasteiger partial charge in [-0.15, -0.1) is 0 Å². The fraction of sp³-hybridized carbons (Fsp3) is 0.308. The lowest BCUT2D eigenvalue weighted by Gasteiger charge is -2.14. The van der Waals surface area contributed by atoms with Crippen LogP contribution in [0.15, 0.2) is 36.4 Å². The minimum Gasteiger partial charge on any atom is -0.508 e. The summed E-state index contributed by atoms with van der Waals surface area (Å²) >= 11 is 0. The average molecular weight is 236 g/mol. The summed E-state index contributed by atoms with van der Waals surface area (Å²) in [6, 6.07) is 6.44. The van der Waals surface area contributed by atoms with Gasteiger partial charge in [-0.2, -0.15) is 0 Å². The lowest BCUT2D eigenvalue weighted by atomic mass is 10.3. The highest BCUT2D eigenvalue weighted by atomic mass is 16.6. The number of aromatic hydroxyl groups is 1. The lowest BCUT2D eigenvalue weighted by Crippen LogP contribution is -2.22. The second-order valence-corrected chi connectivity index (χ2v) is 3.80. The van der Waals surface area contributed by atoms with E-state index in [1.165, 1.54) is 6.07 Å². The molecule has 0 spiro atoms. The van der Waals surface area contributed by atoms with E-state index in [9.17, 15) is 9.90 Å². The Labute approximate surface area is 100 Å². The molecule has 1 unspecified atom stereocenters. The number of phenolic OH excluding ortho intramolecular Hbond substituents is 1. The molecule has 1 N–H and O–H groups in total. The zero-order chi connectivity index (χ0) is 12.8. The number of esters is 1. The summed E-state index contributed by atoms with van der Waals surface area (Å²) in [7, 11) is 0. The van der Waals surface area contributed by atoms with Crippen molar-refractivity contribution in [3.05, 3.63) is 36.4 Å². The Hall–Kier alpha value is -1.97. The van der Waals surface area contributed by atoms with Crippen molar-refractivity contribution >= 4 is 5.97 Å². The van der Waals surface area contributed by atoms with Crippen LogP contribution in [0.25, 0.3) is 0 Å². The van der Waals surface area contributed by atoms with Gasteiger partial charge in [0.15, 0.2) is 0 Å². The largest absolute Gasteiger partial charge is 0.508 e. The first-order valence-electron chi connectivity index (χ1n) is 5.27. The van der Waals surface area contributed by atoms with Gasteiger partial charge in [0, 0.05) is 11.6 Å². The SMILES string of the molecule is C=C(C)C(=O)OC(C)COc1cccc(O)c1. The van der Waals surface area contributed by atoms with Crippen LogP contribution in [0.3, 0.4) is 0 Å². The van der Waals surface area contributed by atoms with Gasteiger partial charge in [0.1, 0.15) is 24.2 Å². The average Bonchev–Trinajstić information content (AvgIpc) is 2.26. The highest BCUT2D eigenvalue weighted by Gasteiger charge is 2.10. The molecular formula is C13H16O4. The van der Waals surface area contributed by atoms with Crippen LogP contribution in [-0.4, -0.2) is 23.8 Å². The van der Waals surface area contributed by atoms with E-state index in [-0.39, 0.29) is 18.5 Å². The van der Waals surface area contributed by atoms with Crippen LogP contribution in [0.2, 0.25) is 0 Å². The first-order chi connectivity index (χ1) is 7.99. The molecule has 92 valence electrons. The van der Waals surface area contributed by atoms with Crippen LogP contribution < -0.4 is 4.74 Å². The molecule has 0 bridgehead atoms. The molecule has 0 saturated heterocycles. The van der Waals surface area contributed by atoms with E-state index < -0.39 is 5.97 Å². The van der Waals surface area contributed by atoms with Crippen molar-refractivity contribution in [1.29, 1.82) is 0 Å². The summed E-state index contributed by atoms with van der Waals surface area (Å²) in [5, 5.41) is 9.22. The Morgan fingerprint density at radius 1 is 1.53 bits per heavy atom. The summed E-state index contributed by atoms with van der Waals surface area (Å²) in [4.78, 5) is 11.2. The third kappa shape index (κ3) is 4.59. The Kier molecular flexibility index (Phi) is 4.57. The number of rotatable bonds is 5. The predicted octanol–water partition coefficient (Wildman–Crippen LogP) is 2.28. The summed E-state index contributed by atoms with van der Waals surface area (Å²) in [5.74, 6) is 0.231. The topological polar surface area (TPSA) is 55.8 Å². The maximum absolute atomic E-state index is 11.2. The van der Waals surface area contributed by atoms with Gasteiger partial charge in [-0.1, -0.05) is 12.6 Å². The van der Waals surface area contributed by atoms with Crippen molar-refractivity contribution in [2.24, 2.45) is 0 Å². The molecule has 4 heteroatoms. The van der Waals surface area contributed by atoms with Gasteiger partial charge in [-0.25, -0.2) is 4.79 Å². The van der Waals surface area contributed by atoms with Crippen molar-refractivity contribution in [3.63, 3.8) is 0 Å². The van der Waals surface area contributed by atoms with Gasteiger partial charge >= 0.3 is 5.97 Å². The van der Waals surface area contributed by atoms with Gasteiger partial charge in [0.05, 0.1) is 0 Å². The normalized spacial score (nSPS) is 11.6. The summed E-state index contributed by atoms with van der Waals surface area (Å²) in [6.07, 6.45) is -0.374. The molecule has 1 atom stereocenters. The lowest BCUT2D eigenvalue weighted by molar-refractivity contribution is -0.144. The van der Waals surface area contributed by atoms with E-state index in [2.05, 4.69) is 6.58 Å². The van der Waals surface area contributed by atoms with E-state index >= 15 is 0 Å². The molecule has 0 heterocycles. The van der Waals surface area contributed by atoms with Gasteiger partial charge in [-0.3, -0.25) is 0 Å². The Bertz CT molecular complexity index is 412. The highest BCUT2D eigenvalue weighted by Crippen LogP contribution is 2.17. The zero-order valence-electron chi connectivity index (χ0n) is 9.97. The van der Waals surface area contributed by atoms with Gasteiger partial charge < -0.3 is 14.6 Å². The molecule has 17 heavy (non-hydrogen) atoms. The van der Waals surface area contributed by atoms with E-state index in [1.54, 1.807) is 32.0 Å². The first kappa shape index (κ1) is 13.1. The third-order valence-electron chi connectivity index (χ3n) is 1.96. The molecule has 0 aliphatic heterocycles. The number of hydrogen-bond acceptors (Lipinski definition) is 4. The van der Waals surface area contributed by atoms with Gasteiger partial charge in [0.2, 0.25) is 0 Å². The molecule has 1 aromatic rings. The molecule has 0 radical (unpaired) electrons. The monoisotopic (exact) mass is 236 g/mol. The molecule has 0 aliphatic rings. The van der Waals surface area contributed by atoms with Crippen molar-refractivity contribution in [3.8, 4) is 11.5 Å². The zero-order valence-corrected chi connectivity index (χ0v) is 9.97. The quantitative estimate of drug-likeness (QED) is 0.629. The molecule has 0 aromatic heterocycles. The minimum atomic E-state index is -0.433. The maximum atomic E-state index is 11.2. The molecule has 0 amide bonds. The molecule has 0 saturated carbocycles. The van der Waals surface area contributed by atoms with E-state index in [0.29, 0.717) is 11.3 Å². The smallest absolute Gasteiger partial charge is 0.333 e. The Morgan fingerprint density at radius 3 is 2.82 bits per heavy atom. The summed E-state index contributed by atoms with van der Waals surface area (Å²) in [6.45, 7) is 7.03. The highest BCUT2D eigenvalue weighted by molar-refractivity contribution is 5.87. The van der Waals surface area contributed by atoms with E-state index in [4.69, 9.17) is 9.47 Å². The fourth-order valence-corrected chi connectivity index (χ4v) is 1.10. The summed E-state index contributed by atoms with van der Waals surface area (Å²) < 4.78 is 10.4. The fourth-order valence-electron chi connectivity index (χ4n) is 1.10. The van der Waals surface area contributed by atoms with Crippen LogP contribution in [0.5, 0.6) is 11.5 Å². The second-order valence-electron chi connectivity index (χ2n) is 3.80. The van der Waals surface area contributed by atoms with Crippen LogP contribution >= 0.6 is 0 Å². The molecule has 4 nitrogen and oxygen atoms in total. The molecular weight excluding hydrogens is 220 g/mol. The predicted molar refractivity (Wildman–Crippen MR) is 64.0 cm³/mol. The number of carbonyl (C=O) groups is 1. The minimum absolute atomic E-state index is 0.133. The number of hydrogen-bond donors (Lipinski definition) is 1. The van der Waals surface area contributed by atoms with Crippen molar-refractivity contribution in [1.82, 2.24) is 0 Å². The van der Waals surface area contributed by atoms with Crippen molar-refractivity contribution in [2.75, 3.05) is 6.61 Å². The standard InChI is InChI=1S/C13H16O4/c1-9(2)13(15)17-10(3)8-16-12-6-4-5-11(14)7-12/h4-7,10,14H,1,8H2,2-3H3. The number of benzene rings is 1. The van der Waals surface area contributed by atoms with Crippen LogP contribution in [0, 0.1) is 0 Å². The summed E-state index contributed by atoms with van der Waals surface area (Å²) in [5.41, 5.74) is 0.356. The van der Waals surface area contributed by atoms with E-state index in [1.807, 2.05) is 0 Å². The molecule has 1 rings (SSSR count). The Balaban J connectivity index is 2.40. The number of ether oxygens (including phenoxy) is 2. The second kappa shape index (κ2) is 5.94. The molecule has 1 aromatic carbocycles. The number of phenols is 1. The number of carbonyl (C=O) groups excluding carboxylic acids is 1. The maximum Gasteiger partial charge on any atom is 0.333 e.